The van der Waals surface area contributed by atoms with Crippen LogP contribution in [0, 0.1) is 5.82 Å². The standard InChI is InChI=1S/C14H17BrFN3/c1-3-17-13(14-18-7-8-19(14)4-2)11-9-10(16)5-6-12(11)15/h5-9,13,17H,3-4H2,1-2H3. The number of imidazole rings is 1. The van der Waals surface area contributed by atoms with E-state index in [1.807, 2.05) is 13.1 Å². The summed E-state index contributed by atoms with van der Waals surface area (Å²) in [4.78, 5) is 4.41. The average Bonchev–Trinajstić information content (AvgIpc) is 2.87. The number of aryl methyl sites for hydroxylation is 1. The van der Waals surface area contributed by atoms with Gasteiger partial charge in [-0.3, -0.25) is 0 Å². The monoisotopic (exact) mass is 325 g/mol. The van der Waals surface area contributed by atoms with Gasteiger partial charge in [-0.15, -0.1) is 0 Å². The number of hydrogen-bond donors (Lipinski definition) is 1. The molecule has 0 radical (unpaired) electrons. The molecule has 2 aromatic rings. The van der Waals surface area contributed by atoms with Gasteiger partial charge in [0.05, 0.1) is 6.04 Å². The molecule has 1 atom stereocenters. The number of nitrogens with one attached hydrogen (secondary N) is 1. The third-order valence-corrected chi connectivity index (χ3v) is 3.75. The number of aromatic nitrogens is 2. The zero-order chi connectivity index (χ0) is 13.8. The smallest absolute Gasteiger partial charge is 0.130 e. The van der Waals surface area contributed by atoms with Crippen LogP contribution in [0.3, 0.4) is 0 Å². The van der Waals surface area contributed by atoms with Gasteiger partial charge < -0.3 is 9.88 Å². The second-order valence-electron chi connectivity index (χ2n) is 4.23. The lowest BCUT2D eigenvalue weighted by Crippen LogP contribution is -2.25. The minimum Gasteiger partial charge on any atom is -0.334 e. The van der Waals surface area contributed by atoms with E-state index in [1.165, 1.54) is 6.07 Å². The molecule has 19 heavy (non-hydrogen) atoms. The van der Waals surface area contributed by atoms with Crippen molar-refractivity contribution in [1.82, 2.24) is 14.9 Å². The number of nitrogens with zero attached hydrogens (tertiary/aromatic N) is 2. The highest BCUT2D eigenvalue weighted by atomic mass is 79.9. The van der Waals surface area contributed by atoms with Crippen LogP contribution >= 0.6 is 15.9 Å². The van der Waals surface area contributed by atoms with Gasteiger partial charge in [-0.1, -0.05) is 22.9 Å². The molecule has 3 nitrogen and oxygen atoms in total. The van der Waals surface area contributed by atoms with Gasteiger partial charge in [-0.25, -0.2) is 9.37 Å². The molecule has 0 spiro atoms. The van der Waals surface area contributed by atoms with Crippen LogP contribution in [0.2, 0.25) is 0 Å². The molecular weight excluding hydrogens is 309 g/mol. The molecular formula is C14H17BrFN3. The van der Waals surface area contributed by atoms with Crippen LogP contribution < -0.4 is 5.32 Å². The topological polar surface area (TPSA) is 29.9 Å². The molecule has 0 fully saturated rings. The van der Waals surface area contributed by atoms with Crippen LogP contribution in [0.1, 0.15) is 31.3 Å². The van der Waals surface area contributed by atoms with E-state index < -0.39 is 0 Å². The summed E-state index contributed by atoms with van der Waals surface area (Å²) in [5.74, 6) is 0.659. The van der Waals surface area contributed by atoms with Crippen LogP contribution in [-0.2, 0) is 6.54 Å². The first-order valence-corrected chi connectivity index (χ1v) is 7.16. The van der Waals surface area contributed by atoms with E-state index in [-0.39, 0.29) is 11.9 Å². The Hall–Kier alpha value is -1.20. The minimum atomic E-state index is -0.240. The maximum atomic E-state index is 13.5. The second kappa shape index (κ2) is 6.30. The lowest BCUT2D eigenvalue weighted by atomic mass is 10.1. The Balaban J connectivity index is 2.48. The maximum Gasteiger partial charge on any atom is 0.130 e. The summed E-state index contributed by atoms with van der Waals surface area (Å²) in [5.41, 5.74) is 0.864. The molecule has 1 N–H and O–H groups in total. The van der Waals surface area contributed by atoms with Crippen molar-refractivity contribution in [2.45, 2.75) is 26.4 Å². The van der Waals surface area contributed by atoms with Gasteiger partial charge in [0.1, 0.15) is 11.6 Å². The summed E-state index contributed by atoms with van der Waals surface area (Å²) >= 11 is 3.49. The number of benzene rings is 1. The predicted molar refractivity (Wildman–Crippen MR) is 77.5 cm³/mol. The highest BCUT2D eigenvalue weighted by Gasteiger charge is 2.20. The first kappa shape index (κ1) is 14.2. The summed E-state index contributed by atoms with van der Waals surface area (Å²) in [6.07, 6.45) is 3.71. The van der Waals surface area contributed by atoms with Gasteiger partial charge in [0, 0.05) is 23.4 Å². The molecule has 0 bridgehead atoms. The fourth-order valence-electron chi connectivity index (χ4n) is 2.13. The Morgan fingerprint density at radius 2 is 2.21 bits per heavy atom. The molecule has 1 aromatic heterocycles. The largest absolute Gasteiger partial charge is 0.334 e. The third-order valence-electron chi connectivity index (χ3n) is 3.02. The van der Waals surface area contributed by atoms with Gasteiger partial charge >= 0.3 is 0 Å². The third kappa shape index (κ3) is 3.04. The van der Waals surface area contributed by atoms with Crippen molar-refractivity contribution in [2.24, 2.45) is 0 Å². The van der Waals surface area contributed by atoms with E-state index >= 15 is 0 Å². The fraction of sp³-hybridized carbons (Fsp3) is 0.357. The fourth-order valence-corrected chi connectivity index (χ4v) is 2.60. The van der Waals surface area contributed by atoms with E-state index in [4.69, 9.17) is 0 Å². The lowest BCUT2D eigenvalue weighted by molar-refractivity contribution is 0.551. The predicted octanol–water partition coefficient (Wildman–Crippen LogP) is 3.50. The quantitative estimate of drug-likeness (QED) is 0.911. The molecule has 0 aliphatic heterocycles. The van der Waals surface area contributed by atoms with E-state index in [9.17, 15) is 4.39 Å². The molecule has 0 saturated heterocycles. The first-order valence-electron chi connectivity index (χ1n) is 6.36. The van der Waals surface area contributed by atoms with Crippen molar-refractivity contribution in [2.75, 3.05) is 6.54 Å². The normalized spacial score (nSPS) is 12.6. The van der Waals surface area contributed by atoms with Crippen LogP contribution in [0.4, 0.5) is 4.39 Å². The summed E-state index contributed by atoms with van der Waals surface area (Å²) in [5, 5.41) is 3.36. The van der Waals surface area contributed by atoms with Crippen molar-refractivity contribution in [1.29, 1.82) is 0 Å². The molecule has 2 rings (SSSR count). The molecule has 5 heteroatoms. The molecule has 1 heterocycles. The Morgan fingerprint density at radius 1 is 1.42 bits per heavy atom. The molecule has 0 amide bonds. The van der Waals surface area contributed by atoms with Crippen LogP contribution in [0.5, 0.6) is 0 Å². The van der Waals surface area contributed by atoms with E-state index in [0.717, 1.165) is 29.0 Å². The molecule has 1 aromatic carbocycles. The summed E-state index contributed by atoms with van der Waals surface area (Å²) in [6.45, 7) is 5.71. The number of halogens is 2. The SMILES string of the molecule is CCNC(c1cc(F)ccc1Br)c1nccn1CC. The lowest BCUT2D eigenvalue weighted by Gasteiger charge is -2.20. The summed E-state index contributed by atoms with van der Waals surface area (Å²) in [6, 6.07) is 4.61. The average molecular weight is 326 g/mol. The molecule has 102 valence electrons. The summed E-state index contributed by atoms with van der Waals surface area (Å²) < 4.78 is 16.4. The van der Waals surface area contributed by atoms with Crippen molar-refractivity contribution >= 4 is 15.9 Å². The van der Waals surface area contributed by atoms with Gasteiger partial charge in [0.25, 0.3) is 0 Å². The molecule has 0 saturated carbocycles. The minimum absolute atomic E-state index is 0.120. The zero-order valence-electron chi connectivity index (χ0n) is 11.0. The maximum absolute atomic E-state index is 13.5. The Kier molecular flexibility index (Phi) is 4.71. The first-order chi connectivity index (χ1) is 9.17. The van der Waals surface area contributed by atoms with E-state index in [0.29, 0.717) is 0 Å². The van der Waals surface area contributed by atoms with Crippen molar-refractivity contribution in [3.8, 4) is 0 Å². The van der Waals surface area contributed by atoms with Crippen molar-refractivity contribution in [3.63, 3.8) is 0 Å². The second-order valence-corrected chi connectivity index (χ2v) is 5.08. The number of hydrogen-bond acceptors (Lipinski definition) is 2. The van der Waals surface area contributed by atoms with Crippen molar-refractivity contribution in [3.05, 3.63) is 52.3 Å². The van der Waals surface area contributed by atoms with Crippen molar-refractivity contribution < 1.29 is 4.39 Å². The highest BCUT2D eigenvalue weighted by Crippen LogP contribution is 2.28. The number of rotatable bonds is 5. The Bertz CT molecular complexity index is 553. The van der Waals surface area contributed by atoms with E-state index in [1.54, 1.807) is 18.3 Å². The van der Waals surface area contributed by atoms with Crippen LogP contribution in [0.25, 0.3) is 0 Å². The van der Waals surface area contributed by atoms with Gasteiger partial charge in [0.2, 0.25) is 0 Å². The van der Waals surface area contributed by atoms with Gasteiger partial charge in [-0.2, -0.15) is 0 Å². The van der Waals surface area contributed by atoms with E-state index in [2.05, 4.69) is 37.7 Å². The summed E-state index contributed by atoms with van der Waals surface area (Å²) in [7, 11) is 0. The van der Waals surface area contributed by atoms with Crippen LogP contribution in [-0.4, -0.2) is 16.1 Å². The Labute approximate surface area is 121 Å². The molecule has 1 unspecified atom stereocenters. The molecule has 0 aliphatic rings. The van der Waals surface area contributed by atoms with Gasteiger partial charge in [-0.05, 0) is 37.2 Å². The van der Waals surface area contributed by atoms with Crippen LogP contribution in [0.15, 0.2) is 35.1 Å². The zero-order valence-corrected chi connectivity index (χ0v) is 12.6. The highest BCUT2D eigenvalue weighted by molar-refractivity contribution is 9.10. The molecule has 0 aliphatic carbocycles. The Morgan fingerprint density at radius 3 is 2.89 bits per heavy atom. The van der Waals surface area contributed by atoms with Gasteiger partial charge in [0.15, 0.2) is 0 Å².